The molecule has 0 fully saturated rings. The smallest absolute Gasteiger partial charge is 0.262 e. The predicted molar refractivity (Wildman–Crippen MR) is 121 cm³/mol. The number of hydrogen-bond acceptors (Lipinski definition) is 4. The molecule has 0 saturated heterocycles. The van der Waals surface area contributed by atoms with Gasteiger partial charge in [-0.15, -0.1) is 0 Å². The van der Waals surface area contributed by atoms with E-state index in [-0.39, 0.29) is 18.2 Å². The van der Waals surface area contributed by atoms with E-state index < -0.39 is 5.91 Å². The lowest BCUT2D eigenvalue weighted by atomic mass is 10.1. The second-order valence-corrected chi connectivity index (χ2v) is 7.61. The molecule has 6 heteroatoms. The highest BCUT2D eigenvalue weighted by Crippen LogP contribution is 2.32. The van der Waals surface area contributed by atoms with Crippen molar-refractivity contribution in [1.82, 2.24) is 0 Å². The molecule has 5 nitrogen and oxygen atoms in total. The van der Waals surface area contributed by atoms with Gasteiger partial charge in [0.25, 0.3) is 5.91 Å². The monoisotopic (exact) mass is 433 g/mol. The van der Waals surface area contributed by atoms with Crippen molar-refractivity contribution in [2.24, 2.45) is 0 Å². The Morgan fingerprint density at radius 1 is 0.968 bits per heavy atom. The van der Waals surface area contributed by atoms with Crippen molar-refractivity contribution in [1.29, 1.82) is 0 Å². The van der Waals surface area contributed by atoms with Crippen molar-refractivity contribution in [2.45, 2.75) is 13.8 Å². The lowest BCUT2D eigenvalue weighted by molar-refractivity contribution is -0.118. The number of benzene rings is 3. The average Bonchev–Trinajstić information content (AvgIpc) is 3.13. The zero-order valence-electron chi connectivity index (χ0n) is 17.1. The zero-order valence-corrected chi connectivity index (χ0v) is 17.8. The van der Waals surface area contributed by atoms with Crippen LogP contribution in [0, 0.1) is 13.8 Å². The number of hydrogen-bond donors (Lipinski definition) is 1. The minimum atomic E-state index is -0.391. The molecule has 1 amide bonds. The molecule has 0 atom stereocenters. The largest absolute Gasteiger partial charge is 0.483 e. The average molecular weight is 434 g/mol. The second kappa shape index (κ2) is 8.66. The van der Waals surface area contributed by atoms with Gasteiger partial charge in [0, 0.05) is 16.0 Å². The Morgan fingerprint density at radius 2 is 1.71 bits per heavy atom. The summed E-state index contributed by atoms with van der Waals surface area (Å²) in [5.41, 5.74) is 3.29. The first-order valence-corrected chi connectivity index (χ1v) is 10.1. The number of anilines is 1. The van der Waals surface area contributed by atoms with E-state index in [1.54, 1.807) is 42.5 Å². The van der Waals surface area contributed by atoms with Crippen molar-refractivity contribution in [3.8, 4) is 5.75 Å². The van der Waals surface area contributed by atoms with E-state index >= 15 is 0 Å². The van der Waals surface area contributed by atoms with E-state index in [9.17, 15) is 9.59 Å². The first kappa shape index (κ1) is 20.7. The first-order chi connectivity index (χ1) is 14.9. The molecule has 1 N–H and O–H groups in total. The third-order valence-corrected chi connectivity index (χ3v) is 5.34. The van der Waals surface area contributed by atoms with Crippen LogP contribution < -0.4 is 10.1 Å². The number of nitrogens with one attached hydrogen (secondary N) is 1. The normalized spacial score (nSPS) is 10.8. The Kier molecular flexibility index (Phi) is 5.78. The van der Waals surface area contributed by atoms with Crippen LogP contribution in [-0.4, -0.2) is 18.3 Å². The topological polar surface area (TPSA) is 68.5 Å². The second-order valence-electron chi connectivity index (χ2n) is 7.17. The Labute approximate surface area is 184 Å². The minimum Gasteiger partial charge on any atom is -0.483 e. The van der Waals surface area contributed by atoms with Crippen LogP contribution in [0.4, 0.5) is 5.69 Å². The minimum absolute atomic E-state index is 0.0589. The van der Waals surface area contributed by atoms with Crippen LogP contribution in [0.2, 0.25) is 5.02 Å². The Hall–Kier alpha value is -3.57. The summed E-state index contributed by atoms with van der Waals surface area (Å²) in [6, 6.07) is 19.3. The number of ketones is 1. The number of para-hydroxylation sites is 1. The maximum atomic E-state index is 13.1. The number of fused-ring (bicyclic) bond motifs is 1. The number of rotatable bonds is 6. The highest BCUT2D eigenvalue weighted by atomic mass is 35.5. The molecule has 0 radical (unpaired) electrons. The SMILES string of the molecule is Cc1cccc(OCC(=O)Nc2c(C(=O)c3ccc(Cl)cc3)oc3ccccc23)c1C. The van der Waals surface area contributed by atoms with Gasteiger partial charge in [-0.3, -0.25) is 9.59 Å². The Balaban J connectivity index is 1.61. The van der Waals surface area contributed by atoms with Gasteiger partial charge in [-0.05, 0) is 67.4 Å². The van der Waals surface area contributed by atoms with Gasteiger partial charge in [0.2, 0.25) is 5.78 Å². The molecule has 3 aromatic carbocycles. The molecule has 4 rings (SSSR count). The number of furan rings is 1. The molecule has 0 saturated carbocycles. The molecule has 1 aromatic heterocycles. The van der Waals surface area contributed by atoms with Gasteiger partial charge in [-0.2, -0.15) is 0 Å². The fraction of sp³-hybridized carbons (Fsp3) is 0.120. The summed E-state index contributed by atoms with van der Waals surface area (Å²) in [5, 5.41) is 3.96. The van der Waals surface area contributed by atoms with E-state index in [1.165, 1.54) is 0 Å². The number of aryl methyl sites for hydroxylation is 1. The lowest BCUT2D eigenvalue weighted by Crippen LogP contribution is -2.21. The van der Waals surface area contributed by atoms with Crippen molar-refractivity contribution < 1.29 is 18.7 Å². The fourth-order valence-corrected chi connectivity index (χ4v) is 3.39. The van der Waals surface area contributed by atoms with Crippen molar-refractivity contribution in [3.63, 3.8) is 0 Å². The number of carbonyl (C=O) groups is 2. The first-order valence-electron chi connectivity index (χ1n) is 9.74. The predicted octanol–water partition coefficient (Wildman–Crippen LogP) is 5.95. The summed E-state index contributed by atoms with van der Waals surface area (Å²) in [7, 11) is 0. The molecule has 156 valence electrons. The lowest BCUT2D eigenvalue weighted by Gasteiger charge is -2.11. The van der Waals surface area contributed by atoms with Crippen LogP contribution in [0.5, 0.6) is 5.75 Å². The number of halogens is 1. The van der Waals surface area contributed by atoms with Gasteiger partial charge in [-0.25, -0.2) is 0 Å². The third-order valence-electron chi connectivity index (χ3n) is 5.09. The zero-order chi connectivity index (χ0) is 22.0. The van der Waals surface area contributed by atoms with Crippen molar-refractivity contribution >= 4 is 39.9 Å². The van der Waals surface area contributed by atoms with Crippen LogP contribution in [-0.2, 0) is 4.79 Å². The molecular weight excluding hydrogens is 414 g/mol. The molecular formula is C25H20ClNO4. The Bertz CT molecular complexity index is 1270. The van der Waals surface area contributed by atoms with Gasteiger partial charge in [0.1, 0.15) is 11.3 Å². The molecule has 0 aliphatic carbocycles. The summed E-state index contributed by atoms with van der Waals surface area (Å²) < 4.78 is 11.5. The highest BCUT2D eigenvalue weighted by molar-refractivity contribution is 6.30. The van der Waals surface area contributed by atoms with Crippen LogP contribution in [0.15, 0.2) is 71.1 Å². The quantitative estimate of drug-likeness (QED) is 0.381. The summed E-state index contributed by atoms with van der Waals surface area (Å²) in [6.07, 6.45) is 0. The van der Waals surface area contributed by atoms with Gasteiger partial charge >= 0.3 is 0 Å². The number of carbonyl (C=O) groups excluding carboxylic acids is 2. The molecule has 31 heavy (non-hydrogen) atoms. The van der Waals surface area contributed by atoms with Gasteiger partial charge < -0.3 is 14.5 Å². The van der Waals surface area contributed by atoms with Gasteiger partial charge in [0.15, 0.2) is 12.4 Å². The summed E-state index contributed by atoms with van der Waals surface area (Å²) in [5.74, 6) is -0.0375. The van der Waals surface area contributed by atoms with Crippen LogP contribution in [0.25, 0.3) is 11.0 Å². The fourth-order valence-electron chi connectivity index (χ4n) is 3.26. The van der Waals surface area contributed by atoms with E-state index in [0.29, 0.717) is 33.0 Å². The summed E-state index contributed by atoms with van der Waals surface area (Å²) >= 11 is 5.93. The van der Waals surface area contributed by atoms with E-state index in [1.807, 2.05) is 38.1 Å². The van der Waals surface area contributed by atoms with Crippen molar-refractivity contribution in [2.75, 3.05) is 11.9 Å². The van der Waals surface area contributed by atoms with Gasteiger partial charge in [0.05, 0.1) is 5.69 Å². The van der Waals surface area contributed by atoms with E-state index in [2.05, 4.69) is 5.32 Å². The van der Waals surface area contributed by atoms with Crippen LogP contribution in [0.1, 0.15) is 27.2 Å². The van der Waals surface area contributed by atoms with E-state index in [0.717, 1.165) is 11.1 Å². The molecule has 4 aromatic rings. The molecule has 0 bridgehead atoms. The molecule has 0 aliphatic heterocycles. The Morgan fingerprint density at radius 3 is 2.48 bits per heavy atom. The molecule has 1 heterocycles. The van der Waals surface area contributed by atoms with Crippen LogP contribution >= 0.6 is 11.6 Å². The maximum Gasteiger partial charge on any atom is 0.262 e. The molecule has 0 unspecified atom stereocenters. The highest BCUT2D eigenvalue weighted by Gasteiger charge is 2.23. The summed E-state index contributed by atoms with van der Waals surface area (Å²) in [4.78, 5) is 25.7. The van der Waals surface area contributed by atoms with Crippen molar-refractivity contribution in [3.05, 3.63) is 94.2 Å². The number of amides is 1. The summed E-state index contributed by atoms with van der Waals surface area (Å²) in [6.45, 7) is 3.72. The molecule has 0 spiro atoms. The van der Waals surface area contributed by atoms with Crippen LogP contribution in [0.3, 0.4) is 0 Å². The molecule has 0 aliphatic rings. The maximum absolute atomic E-state index is 13.1. The standard InChI is InChI=1S/C25H20ClNO4/c1-15-6-5-9-20(16(15)2)30-14-22(28)27-23-19-7-3-4-8-21(19)31-25(23)24(29)17-10-12-18(26)13-11-17/h3-13H,14H2,1-2H3,(H,27,28). The van der Waals surface area contributed by atoms with Gasteiger partial charge in [-0.1, -0.05) is 35.9 Å². The van der Waals surface area contributed by atoms with E-state index in [4.69, 9.17) is 20.8 Å². The third kappa shape index (κ3) is 4.32. The number of ether oxygens (including phenoxy) is 1.